The van der Waals surface area contributed by atoms with Crippen LogP contribution in [-0.2, 0) is 20.9 Å². The SMILES string of the molecule is C[C@H](OC(=O)[C@@H]1CC=CCC1)C(=O)NCc1ccc2c(c1)OCO2. The molecule has 0 saturated heterocycles. The molecule has 0 spiro atoms. The number of amides is 1. The summed E-state index contributed by atoms with van der Waals surface area (Å²) in [5, 5.41) is 2.77. The summed E-state index contributed by atoms with van der Waals surface area (Å²) in [7, 11) is 0. The van der Waals surface area contributed by atoms with Crippen molar-refractivity contribution in [3.05, 3.63) is 35.9 Å². The fourth-order valence-corrected chi connectivity index (χ4v) is 2.72. The summed E-state index contributed by atoms with van der Waals surface area (Å²) >= 11 is 0. The van der Waals surface area contributed by atoms with E-state index in [0.29, 0.717) is 24.5 Å². The first kappa shape index (κ1) is 16.4. The van der Waals surface area contributed by atoms with Gasteiger partial charge in [-0.05, 0) is 43.9 Å². The van der Waals surface area contributed by atoms with Gasteiger partial charge in [-0.15, -0.1) is 0 Å². The van der Waals surface area contributed by atoms with E-state index in [-0.39, 0.29) is 24.6 Å². The predicted octanol–water partition coefficient (Wildman–Crippen LogP) is 2.32. The molecule has 2 aliphatic rings. The topological polar surface area (TPSA) is 73.9 Å². The summed E-state index contributed by atoms with van der Waals surface area (Å²) in [6, 6.07) is 5.50. The van der Waals surface area contributed by atoms with Gasteiger partial charge in [0.15, 0.2) is 17.6 Å². The lowest BCUT2D eigenvalue weighted by Crippen LogP contribution is -2.36. The minimum atomic E-state index is -0.808. The first-order valence-electron chi connectivity index (χ1n) is 8.15. The monoisotopic (exact) mass is 331 g/mol. The third-order valence-electron chi connectivity index (χ3n) is 4.17. The van der Waals surface area contributed by atoms with Gasteiger partial charge in [0.25, 0.3) is 5.91 Å². The fourth-order valence-electron chi connectivity index (χ4n) is 2.72. The van der Waals surface area contributed by atoms with Crippen molar-refractivity contribution in [3.8, 4) is 11.5 Å². The maximum atomic E-state index is 12.1. The summed E-state index contributed by atoms with van der Waals surface area (Å²) in [5.74, 6) is 0.622. The Morgan fingerprint density at radius 3 is 2.92 bits per heavy atom. The van der Waals surface area contributed by atoms with E-state index in [9.17, 15) is 9.59 Å². The Hall–Kier alpha value is -2.50. The predicted molar refractivity (Wildman–Crippen MR) is 86.4 cm³/mol. The highest BCUT2D eigenvalue weighted by atomic mass is 16.7. The molecule has 6 heteroatoms. The maximum Gasteiger partial charge on any atom is 0.310 e. The van der Waals surface area contributed by atoms with Crippen molar-refractivity contribution in [2.24, 2.45) is 5.92 Å². The molecule has 3 rings (SSSR count). The molecule has 24 heavy (non-hydrogen) atoms. The van der Waals surface area contributed by atoms with Gasteiger partial charge in [0.1, 0.15) is 0 Å². The molecule has 2 atom stereocenters. The molecule has 0 bridgehead atoms. The first-order chi connectivity index (χ1) is 11.6. The number of fused-ring (bicyclic) bond motifs is 1. The van der Waals surface area contributed by atoms with Crippen molar-refractivity contribution in [1.29, 1.82) is 0 Å². The van der Waals surface area contributed by atoms with E-state index in [1.165, 1.54) is 0 Å². The van der Waals surface area contributed by atoms with Gasteiger partial charge in [0, 0.05) is 6.54 Å². The number of benzene rings is 1. The van der Waals surface area contributed by atoms with Gasteiger partial charge in [-0.3, -0.25) is 9.59 Å². The van der Waals surface area contributed by atoms with Gasteiger partial charge in [0.05, 0.1) is 5.92 Å². The summed E-state index contributed by atoms with van der Waals surface area (Å²) in [5.41, 5.74) is 0.892. The minimum absolute atomic E-state index is 0.140. The molecule has 0 fully saturated rings. The second kappa shape index (κ2) is 7.38. The zero-order chi connectivity index (χ0) is 16.9. The normalized spacial score (nSPS) is 19.6. The van der Waals surface area contributed by atoms with Crippen molar-refractivity contribution in [1.82, 2.24) is 5.32 Å². The lowest BCUT2D eigenvalue weighted by molar-refractivity contribution is -0.159. The number of allylic oxidation sites excluding steroid dienone is 2. The lowest BCUT2D eigenvalue weighted by atomic mass is 9.95. The van der Waals surface area contributed by atoms with E-state index in [1.807, 2.05) is 24.3 Å². The highest BCUT2D eigenvalue weighted by Gasteiger charge is 2.25. The Morgan fingerprint density at radius 1 is 1.29 bits per heavy atom. The molecular formula is C18H21NO5. The average molecular weight is 331 g/mol. The zero-order valence-corrected chi connectivity index (χ0v) is 13.6. The van der Waals surface area contributed by atoms with E-state index in [0.717, 1.165) is 18.4 Å². The Balaban J connectivity index is 1.47. The summed E-state index contributed by atoms with van der Waals surface area (Å²) in [6.45, 7) is 2.14. The van der Waals surface area contributed by atoms with E-state index >= 15 is 0 Å². The van der Waals surface area contributed by atoms with E-state index in [1.54, 1.807) is 6.92 Å². The van der Waals surface area contributed by atoms with Crippen LogP contribution in [0.4, 0.5) is 0 Å². The molecule has 0 radical (unpaired) electrons. The Morgan fingerprint density at radius 2 is 2.12 bits per heavy atom. The van der Waals surface area contributed by atoms with Gasteiger partial charge in [0.2, 0.25) is 6.79 Å². The molecule has 1 aliphatic carbocycles. The molecule has 1 N–H and O–H groups in total. The molecule has 0 saturated carbocycles. The van der Waals surface area contributed by atoms with Crippen molar-refractivity contribution in [2.45, 2.75) is 38.8 Å². The largest absolute Gasteiger partial charge is 0.454 e. The summed E-state index contributed by atoms with van der Waals surface area (Å²) < 4.78 is 15.8. The van der Waals surface area contributed by atoms with E-state index in [2.05, 4.69) is 11.4 Å². The van der Waals surface area contributed by atoms with Crippen LogP contribution in [0.3, 0.4) is 0 Å². The van der Waals surface area contributed by atoms with Crippen molar-refractivity contribution < 1.29 is 23.8 Å². The molecule has 1 heterocycles. The van der Waals surface area contributed by atoms with Gasteiger partial charge in [-0.25, -0.2) is 0 Å². The van der Waals surface area contributed by atoms with Crippen LogP contribution >= 0.6 is 0 Å². The third kappa shape index (κ3) is 3.88. The first-order valence-corrected chi connectivity index (χ1v) is 8.15. The van der Waals surface area contributed by atoms with E-state index in [4.69, 9.17) is 14.2 Å². The number of hydrogen-bond donors (Lipinski definition) is 1. The number of rotatable bonds is 5. The van der Waals surface area contributed by atoms with Crippen LogP contribution in [0.2, 0.25) is 0 Å². The molecule has 128 valence electrons. The number of esters is 1. The van der Waals surface area contributed by atoms with Crippen LogP contribution in [-0.4, -0.2) is 24.8 Å². The number of nitrogens with one attached hydrogen (secondary N) is 1. The number of ether oxygens (including phenoxy) is 3. The van der Waals surface area contributed by atoms with Gasteiger partial charge >= 0.3 is 5.97 Å². The van der Waals surface area contributed by atoms with Crippen LogP contribution in [0.25, 0.3) is 0 Å². The Labute approximate surface area is 140 Å². The van der Waals surface area contributed by atoms with Crippen molar-refractivity contribution in [3.63, 3.8) is 0 Å². The maximum absolute atomic E-state index is 12.1. The molecular weight excluding hydrogens is 310 g/mol. The molecule has 0 aromatic heterocycles. The molecule has 1 amide bonds. The summed E-state index contributed by atoms with van der Waals surface area (Å²) in [6.07, 6.45) is 5.58. The Kier molecular flexibility index (Phi) is 5.03. The zero-order valence-electron chi connectivity index (χ0n) is 13.6. The van der Waals surface area contributed by atoms with Gasteiger partial charge in [-0.1, -0.05) is 18.2 Å². The smallest absolute Gasteiger partial charge is 0.310 e. The third-order valence-corrected chi connectivity index (χ3v) is 4.17. The second-order valence-corrected chi connectivity index (χ2v) is 5.97. The van der Waals surface area contributed by atoms with Crippen LogP contribution in [0, 0.1) is 5.92 Å². The molecule has 6 nitrogen and oxygen atoms in total. The second-order valence-electron chi connectivity index (χ2n) is 5.97. The van der Waals surface area contributed by atoms with Crippen LogP contribution in [0.5, 0.6) is 11.5 Å². The molecule has 1 aromatic rings. The number of carbonyl (C=O) groups is 2. The average Bonchev–Trinajstić information content (AvgIpc) is 3.08. The quantitative estimate of drug-likeness (QED) is 0.662. The van der Waals surface area contributed by atoms with E-state index < -0.39 is 6.10 Å². The molecule has 1 aromatic carbocycles. The van der Waals surface area contributed by atoms with Crippen LogP contribution in [0.1, 0.15) is 31.7 Å². The van der Waals surface area contributed by atoms with Crippen LogP contribution in [0.15, 0.2) is 30.4 Å². The van der Waals surface area contributed by atoms with Crippen LogP contribution < -0.4 is 14.8 Å². The van der Waals surface area contributed by atoms with Crippen molar-refractivity contribution >= 4 is 11.9 Å². The lowest BCUT2D eigenvalue weighted by Gasteiger charge is -2.19. The number of hydrogen-bond acceptors (Lipinski definition) is 5. The van der Waals surface area contributed by atoms with Gasteiger partial charge in [-0.2, -0.15) is 0 Å². The standard InChI is InChI=1S/C18H21NO5/c1-12(24-18(21)14-5-3-2-4-6-14)17(20)19-10-13-7-8-15-16(9-13)23-11-22-15/h2-3,7-9,12,14H,4-6,10-11H2,1H3,(H,19,20)/t12-,14+/m0/s1. The van der Waals surface area contributed by atoms with Gasteiger partial charge < -0.3 is 19.5 Å². The van der Waals surface area contributed by atoms with Crippen molar-refractivity contribution in [2.75, 3.05) is 6.79 Å². The highest BCUT2D eigenvalue weighted by molar-refractivity contribution is 5.84. The number of carbonyl (C=O) groups excluding carboxylic acids is 2. The Bertz CT molecular complexity index is 655. The summed E-state index contributed by atoms with van der Waals surface area (Å²) in [4.78, 5) is 24.2. The fraction of sp³-hybridized carbons (Fsp3) is 0.444. The molecule has 1 aliphatic heterocycles. The molecule has 0 unspecified atom stereocenters. The highest BCUT2D eigenvalue weighted by Crippen LogP contribution is 2.32. The minimum Gasteiger partial charge on any atom is -0.454 e.